The molecule has 2 aromatic rings. The molecule has 0 aliphatic carbocycles. The van der Waals surface area contributed by atoms with Gasteiger partial charge in [0.2, 0.25) is 5.95 Å². The molecule has 2 aliphatic rings. The molecule has 2 aliphatic heterocycles. The van der Waals surface area contributed by atoms with Gasteiger partial charge in [0.25, 0.3) is 0 Å². The number of hydrogen-bond acceptors (Lipinski definition) is 4. The molecular weight excluding hydrogens is 290 g/mol. The van der Waals surface area contributed by atoms with E-state index in [2.05, 4.69) is 34.7 Å². The molecule has 1 aromatic heterocycles. The molecular formula is C18H25N3O2. The summed E-state index contributed by atoms with van der Waals surface area (Å²) in [5.74, 6) is 1.15. The summed E-state index contributed by atoms with van der Waals surface area (Å²) >= 11 is 0. The topological polar surface area (TPSA) is 50.5 Å². The van der Waals surface area contributed by atoms with Gasteiger partial charge in [-0.05, 0) is 38.3 Å². The van der Waals surface area contributed by atoms with Crippen LogP contribution in [0.25, 0.3) is 11.0 Å². The number of aryl methyl sites for hydroxylation is 1. The van der Waals surface area contributed by atoms with Crippen LogP contribution in [0.4, 0.5) is 5.95 Å². The summed E-state index contributed by atoms with van der Waals surface area (Å²) in [5, 5.41) is 10.8. The van der Waals surface area contributed by atoms with E-state index in [1.165, 1.54) is 0 Å². The van der Waals surface area contributed by atoms with E-state index in [1.54, 1.807) is 0 Å². The summed E-state index contributed by atoms with van der Waals surface area (Å²) in [7, 11) is 2.08. The molecule has 23 heavy (non-hydrogen) atoms. The monoisotopic (exact) mass is 315 g/mol. The van der Waals surface area contributed by atoms with Crippen molar-refractivity contribution in [1.82, 2.24) is 9.55 Å². The Bertz CT molecular complexity index is 709. The molecule has 0 spiro atoms. The number of nitrogens with zero attached hydrogens (tertiary/aromatic N) is 3. The van der Waals surface area contributed by atoms with Gasteiger partial charge in [0.15, 0.2) is 0 Å². The summed E-state index contributed by atoms with van der Waals surface area (Å²) in [6, 6.07) is 8.54. The lowest BCUT2D eigenvalue weighted by Crippen LogP contribution is -2.53. The highest BCUT2D eigenvalue weighted by Crippen LogP contribution is 2.38. The summed E-state index contributed by atoms with van der Waals surface area (Å²) in [4.78, 5) is 7.24. The fraction of sp³-hybridized carbons (Fsp3) is 0.611. The Morgan fingerprint density at radius 3 is 2.96 bits per heavy atom. The van der Waals surface area contributed by atoms with E-state index < -0.39 is 5.60 Å². The minimum absolute atomic E-state index is 0.138. The van der Waals surface area contributed by atoms with Crippen LogP contribution in [0.5, 0.6) is 0 Å². The van der Waals surface area contributed by atoms with Crippen LogP contribution >= 0.6 is 0 Å². The number of imidazole rings is 1. The smallest absolute Gasteiger partial charge is 0.206 e. The number of ether oxygens (including phenoxy) is 1. The lowest BCUT2D eigenvalue weighted by Gasteiger charge is -2.43. The van der Waals surface area contributed by atoms with E-state index >= 15 is 0 Å². The molecule has 2 saturated heterocycles. The van der Waals surface area contributed by atoms with Gasteiger partial charge in [-0.1, -0.05) is 12.1 Å². The van der Waals surface area contributed by atoms with E-state index in [0.29, 0.717) is 25.7 Å². The minimum atomic E-state index is -0.657. The molecule has 3 heterocycles. The number of para-hydroxylation sites is 2. The van der Waals surface area contributed by atoms with Crippen LogP contribution in [0, 0.1) is 5.92 Å². The third kappa shape index (κ3) is 2.42. The predicted octanol–water partition coefficient (Wildman–Crippen LogP) is 2.33. The number of benzene rings is 1. The van der Waals surface area contributed by atoms with Gasteiger partial charge >= 0.3 is 0 Å². The van der Waals surface area contributed by atoms with Crippen LogP contribution in [0.3, 0.4) is 0 Å². The normalized spacial score (nSPS) is 31.9. The number of aromatic nitrogens is 2. The second kappa shape index (κ2) is 5.49. The second-order valence-electron chi connectivity index (χ2n) is 7.15. The van der Waals surface area contributed by atoms with E-state index in [9.17, 15) is 5.11 Å². The molecule has 124 valence electrons. The maximum Gasteiger partial charge on any atom is 0.206 e. The first-order valence-electron chi connectivity index (χ1n) is 8.56. The summed E-state index contributed by atoms with van der Waals surface area (Å²) in [6.45, 7) is 4.25. The predicted molar refractivity (Wildman–Crippen MR) is 90.6 cm³/mol. The molecule has 0 amide bonds. The van der Waals surface area contributed by atoms with Crippen molar-refractivity contribution in [3.8, 4) is 0 Å². The van der Waals surface area contributed by atoms with Crippen LogP contribution in [0.1, 0.15) is 26.2 Å². The first kappa shape index (κ1) is 15.0. The Kier molecular flexibility index (Phi) is 3.58. The first-order chi connectivity index (χ1) is 11.1. The van der Waals surface area contributed by atoms with Gasteiger partial charge in [-0.3, -0.25) is 0 Å². The fourth-order valence-corrected chi connectivity index (χ4v) is 4.23. The summed E-state index contributed by atoms with van der Waals surface area (Å²) in [5.41, 5.74) is 1.53. The molecule has 0 radical (unpaired) electrons. The summed E-state index contributed by atoms with van der Waals surface area (Å²) in [6.07, 6.45) is 2.94. The molecule has 4 rings (SSSR count). The highest BCUT2D eigenvalue weighted by Gasteiger charge is 2.45. The van der Waals surface area contributed by atoms with Crippen LogP contribution < -0.4 is 4.90 Å². The average molecular weight is 315 g/mol. The Hall–Kier alpha value is -1.59. The van der Waals surface area contributed by atoms with Crippen molar-refractivity contribution in [1.29, 1.82) is 0 Å². The molecule has 5 nitrogen and oxygen atoms in total. The quantitative estimate of drug-likeness (QED) is 0.924. The van der Waals surface area contributed by atoms with Crippen LogP contribution in [-0.2, 0) is 11.8 Å². The molecule has 3 atom stereocenters. The van der Waals surface area contributed by atoms with Crippen molar-refractivity contribution in [2.75, 3.05) is 24.7 Å². The zero-order valence-electron chi connectivity index (χ0n) is 13.9. The molecule has 2 fully saturated rings. The lowest BCUT2D eigenvalue weighted by atomic mass is 9.79. The van der Waals surface area contributed by atoms with Crippen molar-refractivity contribution in [3.63, 3.8) is 0 Å². The highest BCUT2D eigenvalue weighted by molar-refractivity contribution is 5.78. The molecule has 5 heteroatoms. The Balaban J connectivity index is 1.70. The van der Waals surface area contributed by atoms with Crippen molar-refractivity contribution < 1.29 is 9.84 Å². The Labute approximate surface area is 136 Å². The van der Waals surface area contributed by atoms with Gasteiger partial charge in [-0.25, -0.2) is 4.98 Å². The SMILES string of the molecule is Cn1c(N2CCC[C@@H]2[C@@H]2COCC[C@]2(C)O)nc2ccccc21. The van der Waals surface area contributed by atoms with Crippen molar-refractivity contribution >= 4 is 17.0 Å². The lowest BCUT2D eigenvalue weighted by molar-refractivity contribution is -0.108. The number of fused-ring (bicyclic) bond motifs is 1. The van der Waals surface area contributed by atoms with Gasteiger partial charge in [0.05, 0.1) is 23.2 Å². The molecule has 0 bridgehead atoms. The number of rotatable bonds is 2. The van der Waals surface area contributed by atoms with Gasteiger partial charge in [0.1, 0.15) is 0 Å². The number of aliphatic hydroxyl groups is 1. The maximum absolute atomic E-state index is 10.8. The second-order valence-corrected chi connectivity index (χ2v) is 7.15. The van der Waals surface area contributed by atoms with Gasteiger partial charge in [0, 0.05) is 32.2 Å². The Morgan fingerprint density at radius 1 is 1.35 bits per heavy atom. The van der Waals surface area contributed by atoms with Gasteiger partial charge in [-0.15, -0.1) is 0 Å². The number of anilines is 1. The highest BCUT2D eigenvalue weighted by atomic mass is 16.5. The van der Waals surface area contributed by atoms with Crippen molar-refractivity contribution in [3.05, 3.63) is 24.3 Å². The van der Waals surface area contributed by atoms with Crippen LogP contribution in [0.15, 0.2) is 24.3 Å². The average Bonchev–Trinajstić information content (AvgIpc) is 3.12. The van der Waals surface area contributed by atoms with Crippen molar-refractivity contribution in [2.45, 2.75) is 37.8 Å². The minimum Gasteiger partial charge on any atom is -0.390 e. The fourth-order valence-electron chi connectivity index (χ4n) is 4.23. The molecule has 1 N–H and O–H groups in total. The zero-order valence-corrected chi connectivity index (χ0v) is 13.9. The third-order valence-electron chi connectivity index (χ3n) is 5.63. The largest absolute Gasteiger partial charge is 0.390 e. The molecule has 0 saturated carbocycles. The first-order valence-corrected chi connectivity index (χ1v) is 8.56. The van der Waals surface area contributed by atoms with Gasteiger partial charge < -0.3 is 19.3 Å². The standard InChI is InChI=1S/C18H25N3O2/c1-18(22)9-11-23-12-13(18)15-8-5-10-21(15)17-19-14-6-3-4-7-16(14)20(17)2/h3-4,6-7,13,15,22H,5,8-12H2,1-2H3/t13-,15+,18-/m0/s1. The zero-order chi connectivity index (χ0) is 16.0. The molecule has 1 aromatic carbocycles. The van der Waals surface area contributed by atoms with E-state index in [-0.39, 0.29) is 5.92 Å². The van der Waals surface area contributed by atoms with E-state index in [4.69, 9.17) is 9.72 Å². The van der Waals surface area contributed by atoms with Crippen LogP contribution in [-0.4, -0.2) is 46.1 Å². The third-order valence-corrected chi connectivity index (χ3v) is 5.63. The van der Waals surface area contributed by atoms with Crippen LogP contribution in [0.2, 0.25) is 0 Å². The van der Waals surface area contributed by atoms with Crippen molar-refractivity contribution in [2.24, 2.45) is 13.0 Å². The van der Waals surface area contributed by atoms with Gasteiger partial charge in [-0.2, -0.15) is 0 Å². The number of hydrogen-bond donors (Lipinski definition) is 1. The van der Waals surface area contributed by atoms with E-state index in [0.717, 1.165) is 36.4 Å². The summed E-state index contributed by atoms with van der Waals surface area (Å²) < 4.78 is 7.86. The van der Waals surface area contributed by atoms with E-state index in [1.807, 2.05) is 13.0 Å². The Morgan fingerprint density at radius 2 is 2.17 bits per heavy atom. The molecule has 0 unspecified atom stereocenters. The maximum atomic E-state index is 10.8.